The van der Waals surface area contributed by atoms with E-state index >= 15 is 0 Å². The van der Waals surface area contributed by atoms with E-state index in [0.717, 1.165) is 10.7 Å². The molecule has 2 rings (SSSR count). The SMILES string of the molecule is CCC1(C)NC(=O)CC(C)N(Cc2nc(C)c(C)s2)C1=O. The van der Waals surface area contributed by atoms with E-state index in [-0.39, 0.29) is 17.9 Å². The number of nitrogens with one attached hydrogen (secondary N) is 1. The van der Waals surface area contributed by atoms with Crippen molar-refractivity contribution in [3.8, 4) is 0 Å². The van der Waals surface area contributed by atoms with Gasteiger partial charge in [-0.25, -0.2) is 4.98 Å². The summed E-state index contributed by atoms with van der Waals surface area (Å²) in [4.78, 5) is 32.3. The van der Waals surface area contributed by atoms with E-state index < -0.39 is 5.54 Å². The lowest BCUT2D eigenvalue weighted by Crippen LogP contribution is -2.55. The third-order valence-electron chi connectivity index (χ3n) is 4.25. The summed E-state index contributed by atoms with van der Waals surface area (Å²) in [6, 6.07) is -0.115. The van der Waals surface area contributed by atoms with E-state index in [1.54, 1.807) is 23.2 Å². The molecule has 1 N–H and O–H groups in total. The third kappa shape index (κ3) is 3.10. The van der Waals surface area contributed by atoms with Crippen molar-refractivity contribution in [2.24, 2.45) is 0 Å². The summed E-state index contributed by atoms with van der Waals surface area (Å²) in [6.07, 6.45) is 0.918. The maximum atomic E-state index is 12.8. The number of thiazole rings is 1. The van der Waals surface area contributed by atoms with Crippen LogP contribution in [-0.2, 0) is 16.1 Å². The molecule has 116 valence electrons. The van der Waals surface area contributed by atoms with Crippen molar-refractivity contribution in [3.05, 3.63) is 15.6 Å². The number of carbonyl (C=O) groups excluding carboxylic acids is 2. The summed E-state index contributed by atoms with van der Waals surface area (Å²) in [7, 11) is 0. The summed E-state index contributed by atoms with van der Waals surface area (Å²) in [5, 5.41) is 3.80. The molecular formula is C15H23N3O2S. The minimum Gasteiger partial charge on any atom is -0.342 e. The molecule has 6 heteroatoms. The maximum Gasteiger partial charge on any atom is 0.248 e. The molecule has 1 aliphatic rings. The molecule has 0 bridgehead atoms. The second-order valence-electron chi connectivity index (χ2n) is 5.97. The Morgan fingerprint density at radius 3 is 2.62 bits per heavy atom. The topological polar surface area (TPSA) is 62.3 Å². The predicted octanol–water partition coefficient (Wildman–Crippen LogP) is 2.17. The fraction of sp³-hybridized carbons (Fsp3) is 0.667. The van der Waals surface area contributed by atoms with E-state index in [2.05, 4.69) is 10.3 Å². The molecule has 1 saturated heterocycles. The quantitative estimate of drug-likeness (QED) is 0.931. The van der Waals surface area contributed by atoms with Gasteiger partial charge in [0.25, 0.3) is 0 Å². The smallest absolute Gasteiger partial charge is 0.248 e. The lowest BCUT2D eigenvalue weighted by atomic mass is 9.97. The number of aryl methyl sites for hydroxylation is 2. The molecule has 0 aromatic carbocycles. The molecule has 2 heterocycles. The van der Waals surface area contributed by atoms with Gasteiger partial charge in [-0.1, -0.05) is 6.92 Å². The summed E-state index contributed by atoms with van der Waals surface area (Å²) < 4.78 is 0. The minimum atomic E-state index is -0.816. The monoisotopic (exact) mass is 309 g/mol. The van der Waals surface area contributed by atoms with Crippen molar-refractivity contribution >= 4 is 23.2 Å². The van der Waals surface area contributed by atoms with Crippen LogP contribution in [0.25, 0.3) is 0 Å². The minimum absolute atomic E-state index is 0.0196. The van der Waals surface area contributed by atoms with Crippen LogP contribution in [0.2, 0.25) is 0 Å². The summed E-state index contributed by atoms with van der Waals surface area (Å²) in [5.74, 6) is -0.0805. The molecule has 2 unspecified atom stereocenters. The Hall–Kier alpha value is -1.43. The average molecular weight is 309 g/mol. The standard InChI is InChI=1S/C15H23N3O2S/c1-6-15(5)14(20)18(9(2)7-12(19)17-15)8-13-16-10(3)11(4)21-13/h9H,6-8H2,1-5H3,(H,17,19). The molecule has 0 spiro atoms. The summed E-state index contributed by atoms with van der Waals surface area (Å²) in [5.41, 5.74) is 0.195. The number of amides is 2. The van der Waals surface area contributed by atoms with Gasteiger partial charge < -0.3 is 10.2 Å². The Kier molecular flexibility index (Phi) is 4.37. The molecule has 1 fully saturated rings. The molecule has 5 nitrogen and oxygen atoms in total. The third-order valence-corrected chi connectivity index (χ3v) is 5.30. The van der Waals surface area contributed by atoms with Crippen LogP contribution < -0.4 is 5.32 Å². The van der Waals surface area contributed by atoms with Gasteiger partial charge in [0.2, 0.25) is 11.8 Å². The molecule has 1 aliphatic heterocycles. The predicted molar refractivity (Wildman–Crippen MR) is 83.1 cm³/mol. The van der Waals surface area contributed by atoms with Gasteiger partial charge in [0, 0.05) is 17.3 Å². The second kappa shape index (κ2) is 5.75. The van der Waals surface area contributed by atoms with Crippen LogP contribution in [0.15, 0.2) is 0 Å². The normalized spacial score (nSPS) is 26.7. The molecule has 0 saturated carbocycles. The molecule has 1 aromatic heterocycles. The molecule has 0 aliphatic carbocycles. The van der Waals surface area contributed by atoms with E-state index in [4.69, 9.17) is 0 Å². The molecule has 1 aromatic rings. The van der Waals surface area contributed by atoms with Crippen LogP contribution in [-0.4, -0.2) is 33.3 Å². The molecular weight excluding hydrogens is 286 g/mol. The highest BCUT2D eigenvalue weighted by atomic mass is 32.1. The van der Waals surface area contributed by atoms with Crippen LogP contribution in [0.4, 0.5) is 0 Å². The first-order valence-electron chi connectivity index (χ1n) is 7.32. The van der Waals surface area contributed by atoms with Crippen LogP contribution in [0.3, 0.4) is 0 Å². The Morgan fingerprint density at radius 2 is 2.10 bits per heavy atom. The number of hydrogen-bond acceptors (Lipinski definition) is 4. The van der Waals surface area contributed by atoms with Gasteiger partial charge in [0.15, 0.2) is 0 Å². The second-order valence-corrected chi connectivity index (χ2v) is 7.26. The lowest BCUT2D eigenvalue weighted by Gasteiger charge is -2.33. The highest BCUT2D eigenvalue weighted by Gasteiger charge is 2.41. The zero-order valence-electron chi connectivity index (χ0n) is 13.3. The molecule has 2 amide bonds. The van der Waals surface area contributed by atoms with Gasteiger partial charge >= 0.3 is 0 Å². The van der Waals surface area contributed by atoms with E-state index in [0.29, 0.717) is 19.4 Å². The van der Waals surface area contributed by atoms with Crippen molar-refractivity contribution in [3.63, 3.8) is 0 Å². The molecule has 21 heavy (non-hydrogen) atoms. The van der Waals surface area contributed by atoms with Gasteiger partial charge in [-0.3, -0.25) is 9.59 Å². The van der Waals surface area contributed by atoms with Gasteiger partial charge in [-0.15, -0.1) is 11.3 Å². The first-order valence-corrected chi connectivity index (χ1v) is 8.13. The highest BCUT2D eigenvalue weighted by molar-refractivity contribution is 7.11. The Balaban J connectivity index is 2.30. The first-order chi connectivity index (χ1) is 9.76. The lowest BCUT2D eigenvalue weighted by molar-refractivity contribution is -0.140. The summed E-state index contributed by atoms with van der Waals surface area (Å²) in [6.45, 7) is 10.1. The number of carbonyl (C=O) groups is 2. The van der Waals surface area contributed by atoms with E-state index in [9.17, 15) is 9.59 Å². The number of nitrogens with zero attached hydrogens (tertiary/aromatic N) is 2. The molecule has 2 atom stereocenters. The number of hydrogen-bond donors (Lipinski definition) is 1. The van der Waals surface area contributed by atoms with Gasteiger partial charge in [0.05, 0.1) is 12.2 Å². The van der Waals surface area contributed by atoms with Crippen LogP contribution >= 0.6 is 11.3 Å². The van der Waals surface area contributed by atoms with E-state index in [1.165, 1.54) is 4.88 Å². The van der Waals surface area contributed by atoms with Crippen molar-refractivity contribution in [2.45, 2.75) is 65.6 Å². The zero-order chi connectivity index (χ0) is 15.8. The highest BCUT2D eigenvalue weighted by Crippen LogP contribution is 2.25. The van der Waals surface area contributed by atoms with Crippen molar-refractivity contribution in [1.82, 2.24) is 15.2 Å². The maximum absolute atomic E-state index is 12.8. The average Bonchev–Trinajstić information content (AvgIpc) is 2.69. The van der Waals surface area contributed by atoms with Gasteiger partial charge in [0.1, 0.15) is 10.5 Å². The van der Waals surface area contributed by atoms with Crippen LogP contribution in [0.5, 0.6) is 0 Å². The van der Waals surface area contributed by atoms with Gasteiger partial charge in [-0.2, -0.15) is 0 Å². The van der Waals surface area contributed by atoms with Gasteiger partial charge in [-0.05, 0) is 34.1 Å². The van der Waals surface area contributed by atoms with E-state index in [1.807, 2.05) is 27.7 Å². The Morgan fingerprint density at radius 1 is 1.43 bits per heavy atom. The largest absolute Gasteiger partial charge is 0.342 e. The first kappa shape index (κ1) is 15.9. The fourth-order valence-corrected chi connectivity index (χ4v) is 3.46. The van der Waals surface area contributed by atoms with Crippen LogP contribution in [0.1, 0.15) is 49.2 Å². The van der Waals surface area contributed by atoms with Crippen molar-refractivity contribution < 1.29 is 9.59 Å². The van der Waals surface area contributed by atoms with Crippen molar-refractivity contribution in [2.75, 3.05) is 0 Å². The Bertz CT molecular complexity index is 550. The summed E-state index contributed by atoms with van der Waals surface area (Å²) >= 11 is 1.62. The zero-order valence-corrected chi connectivity index (χ0v) is 14.1. The Labute approximate surface area is 129 Å². The number of rotatable bonds is 3. The van der Waals surface area contributed by atoms with Crippen LogP contribution in [0, 0.1) is 13.8 Å². The van der Waals surface area contributed by atoms with Crippen molar-refractivity contribution in [1.29, 1.82) is 0 Å². The fourth-order valence-electron chi connectivity index (χ4n) is 2.53. The number of aromatic nitrogens is 1. The molecule has 0 radical (unpaired) electrons.